The SMILES string of the molecule is C=C(C)C(=O)CCCCCCC(N)(CC)P(=O)(O)O. The van der Waals surface area contributed by atoms with Crippen molar-refractivity contribution in [2.45, 2.75) is 64.1 Å². The van der Waals surface area contributed by atoms with Gasteiger partial charge in [0.15, 0.2) is 5.78 Å². The molecule has 6 heteroatoms. The molecule has 0 radical (unpaired) electrons. The number of nitrogens with two attached hydrogens (primary N) is 1. The van der Waals surface area contributed by atoms with E-state index in [0.29, 0.717) is 24.8 Å². The highest BCUT2D eigenvalue weighted by Gasteiger charge is 2.40. The maximum atomic E-state index is 11.3. The van der Waals surface area contributed by atoms with Gasteiger partial charge in [0.1, 0.15) is 5.28 Å². The molecule has 112 valence electrons. The summed E-state index contributed by atoms with van der Waals surface area (Å²) in [6, 6.07) is 0. The molecule has 5 nitrogen and oxygen atoms in total. The van der Waals surface area contributed by atoms with Gasteiger partial charge in [-0.2, -0.15) is 0 Å². The molecule has 0 bridgehead atoms. The Balaban J connectivity index is 3.89. The first kappa shape index (κ1) is 18.5. The zero-order valence-electron chi connectivity index (χ0n) is 11.9. The zero-order chi connectivity index (χ0) is 15.1. The molecule has 0 aromatic heterocycles. The summed E-state index contributed by atoms with van der Waals surface area (Å²) in [5.41, 5.74) is 6.33. The van der Waals surface area contributed by atoms with Gasteiger partial charge < -0.3 is 15.5 Å². The van der Waals surface area contributed by atoms with Crippen molar-refractivity contribution in [1.29, 1.82) is 0 Å². The first-order chi connectivity index (χ1) is 8.64. The second kappa shape index (κ2) is 7.95. The first-order valence-corrected chi connectivity index (χ1v) is 8.28. The molecule has 0 aliphatic rings. The van der Waals surface area contributed by atoms with Crippen molar-refractivity contribution >= 4 is 13.4 Å². The summed E-state index contributed by atoms with van der Waals surface area (Å²) >= 11 is 0. The van der Waals surface area contributed by atoms with Crippen LogP contribution in [0, 0.1) is 0 Å². The molecule has 0 aliphatic carbocycles. The Bertz CT molecular complexity index is 364. The molecule has 0 rings (SSSR count). The van der Waals surface area contributed by atoms with Crippen LogP contribution in [0.3, 0.4) is 0 Å². The lowest BCUT2D eigenvalue weighted by atomic mass is 10.0. The van der Waals surface area contributed by atoms with Crippen molar-refractivity contribution in [1.82, 2.24) is 0 Å². The van der Waals surface area contributed by atoms with Crippen LogP contribution in [-0.4, -0.2) is 20.9 Å². The summed E-state index contributed by atoms with van der Waals surface area (Å²) in [7, 11) is -4.26. The number of ketones is 1. The fourth-order valence-corrected chi connectivity index (χ4v) is 2.67. The highest BCUT2D eigenvalue weighted by Crippen LogP contribution is 2.51. The maximum Gasteiger partial charge on any atom is 0.345 e. The van der Waals surface area contributed by atoms with Crippen molar-refractivity contribution in [2.24, 2.45) is 5.73 Å². The van der Waals surface area contributed by atoms with Gasteiger partial charge in [-0.1, -0.05) is 32.8 Å². The number of carbonyl (C=O) groups excluding carboxylic acids is 1. The van der Waals surface area contributed by atoms with Crippen LogP contribution in [0.25, 0.3) is 0 Å². The van der Waals surface area contributed by atoms with Crippen molar-refractivity contribution in [2.75, 3.05) is 0 Å². The minimum absolute atomic E-state index is 0.0805. The quantitative estimate of drug-likeness (QED) is 0.326. The van der Waals surface area contributed by atoms with Crippen LogP contribution in [0.2, 0.25) is 0 Å². The van der Waals surface area contributed by atoms with Crippen LogP contribution in [0.1, 0.15) is 58.8 Å². The molecule has 1 atom stereocenters. The molecule has 0 aliphatic heterocycles. The fourth-order valence-electron chi connectivity index (χ4n) is 1.81. The molecular weight excluding hydrogens is 265 g/mol. The van der Waals surface area contributed by atoms with Gasteiger partial charge >= 0.3 is 7.60 Å². The van der Waals surface area contributed by atoms with Gasteiger partial charge in [-0.3, -0.25) is 9.36 Å². The van der Waals surface area contributed by atoms with Crippen LogP contribution < -0.4 is 5.73 Å². The van der Waals surface area contributed by atoms with Crippen LogP contribution >= 0.6 is 7.60 Å². The summed E-state index contributed by atoms with van der Waals surface area (Å²) in [6.07, 6.45) is 4.19. The number of hydrogen-bond donors (Lipinski definition) is 3. The highest BCUT2D eigenvalue weighted by atomic mass is 31.2. The lowest BCUT2D eigenvalue weighted by Crippen LogP contribution is -2.38. The number of hydrogen-bond acceptors (Lipinski definition) is 3. The second-order valence-corrected chi connectivity index (χ2v) is 7.10. The molecule has 0 aromatic rings. The average molecular weight is 291 g/mol. The molecule has 0 saturated carbocycles. The van der Waals surface area contributed by atoms with E-state index in [9.17, 15) is 19.1 Å². The molecule has 1 unspecified atom stereocenters. The molecule has 0 heterocycles. The third kappa shape index (κ3) is 6.48. The van der Waals surface area contributed by atoms with Gasteiger partial charge in [-0.25, -0.2) is 0 Å². The fraction of sp³-hybridized carbons (Fsp3) is 0.769. The number of Topliss-reactive ketones (excluding diaryl/α,β-unsaturated/α-hetero) is 1. The van der Waals surface area contributed by atoms with Crippen molar-refractivity contribution in [3.05, 3.63) is 12.2 Å². The van der Waals surface area contributed by atoms with Gasteiger partial charge in [-0.15, -0.1) is 0 Å². The molecule has 0 fully saturated rings. The molecule has 4 N–H and O–H groups in total. The van der Waals surface area contributed by atoms with E-state index in [2.05, 4.69) is 6.58 Å². The Morgan fingerprint density at radius 1 is 1.26 bits per heavy atom. The smallest absolute Gasteiger partial charge is 0.323 e. The molecule has 0 spiro atoms. The lowest BCUT2D eigenvalue weighted by Gasteiger charge is -2.28. The van der Waals surface area contributed by atoms with Crippen molar-refractivity contribution in [3.8, 4) is 0 Å². The summed E-state index contributed by atoms with van der Waals surface area (Å²) in [5.74, 6) is 0.0805. The van der Waals surface area contributed by atoms with Crippen molar-refractivity contribution < 1.29 is 19.1 Å². The third-order valence-electron chi connectivity index (χ3n) is 3.43. The van der Waals surface area contributed by atoms with E-state index in [-0.39, 0.29) is 12.2 Å². The van der Waals surface area contributed by atoms with Gasteiger partial charge in [0, 0.05) is 6.42 Å². The van der Waals surface area contributed by atoms with Crippen molar-refractivity contribution in [3.63, 3.8) is 0 Å². The van der Waals surface area contributed by atoms with Crippen LogP contribution in [0.4, 0.5) is 0 Å². The summed E-state index contributed by atoms with van der Waals surface area (Å²) in [6.45, 7) is 6.97. The Labute approximate surface area is 115 Å². The molecule has 19 heavy (non-hydrogen) atoms. The van der Waals surface area contributed by atoms with E-state index in [4.69, 9.17) is 5.73 Å². The van der Waals surface area contributed by atoms with Gasteiger partial charge in [-0.05, 0) is 31.8 Å². The highest BCUT2D eigenvalue weighted by molar-refractivity contribution is 7.53. The average Bonchev–Trinajstić information content (AvgIpc) is 2.31. The largest absolute Gasteiger partial charge is 0.345 e. The summed E-state index contributed by atoms with van der Waals surface area (Å²) in [4.78, 5) is 29.7. The molecular formula is C13H26NO4P. The maximum absolute atomic E-state index is 11.3. The first-order valence-electron chi connectivity index (χ1n) is 6.67. The van der Waals surface area contributed by atoms with Crippen LogP contribution in [0.15, 0.2) is 12.2 Å². The van der Waals surface area contributed by atoms with Gasteiger partial charge in [0.25, 0.3) is 0 Å². The van der Waals surface area contributed by atoms with E-state index in [0.717, 1.165) is 19.3 Å². The van der Waals surface area contributed by atoms with E-state index in [1.165, 1.54) is 0 Å². The molecule has 0 saturated heterocycles. The number of rotatable bonds is 10. The minimum Gasteiger partial charge on any atom is -0.323 e. The van der Waals surface area contributed by atoms with E-state index in [1.54, 1.807) is 13.8 Å². The molecule has 0 aromatic carbocycles. The molecule has 0 amide bonds. The minimum atomic E-state index is -4.26. The Morgan fingerprint density at radius 2 is 1.79 bits per heavy atom. The second-order valence-electron chi connectivity index (χ2n) is 5.12. The topological polar surface area (TPSA) is 101 Å². The van der Waals surface area contributed by atoms with Crippen LogP contribution in [-0.2, 0) is 9.36 Å². The van der Waals surface area contributed by atoms with E-state index < -0.39 is 12.9 Å². The predicted octanol–water partition coefficient (Wildman–Crippen LogP) is 2.71. The lowest BCUT2D eigenvalue weighted by molar-refractivity contribution is -0.115. The number of carbonyl (C=O) groups is 1. The normalized spacial score (nSPS) is 15.0. The third-order valence-corrected chi connectivity index (χ3v) is 5.13. The van der Waals surface area contributed by atoms with Gasteiger partial charge in [0.05, 0.1) is 0 Å². The zero-order valence-corrected chi connectivity index (χ0v) is 12.8. The number of unbranched alkanes of at least 4 members (excludes halogenated alkanes) is 3. The summed E-state index contributed by atoms with van der Waals surface area (Å²) < 4.78 is 11.3. The van der Waals surface area contributed by atoms with E-state index in [1.807, 2.05) is 0 Å². The Kier molecular flexibility index (Phi) is 7.75. The monoisotopic (exact) mass is 291 g/mol. The predicted molar refractivity (Wildman–Crippen MR) is 76.8 cm³/mol. The summed E-state index contributed by atoms with van der Waals surface area (Å²) in [5, 5.41) is -1.40. The Morgan fingerprint density at radius 3 is 2.21 bits per heavy atom. The van der Waals surface area contributed by atoms with Gasteiger partial charge in [0.2, 0.25) is 0 Å². The Hall–Kier alpha value is -0.480. The standard InChI is InChI=1S/C13H26NO4P/c1-4-13(14,19(16,17)18)10-8-6-5-7-9-12(15)11(2)3/h2,4-10,14H2,1,3H3,(H2,16,17,18). The van der Waals surface area contributed by atoms with Crippen LogP contribution in [0.5, 0.6) is 0 Å². The number of allylic oxidation sites excluding steroid dienone is 1. The van der Waals surface area contributed by atoms with E-state index >= 15 is 0 Å².